The molecular weight excluding hydrogens is 184 g/mol. The summed E-state index contributed by atoms with van der Waals surface area (Å²) >= 11 is 5.95. The fourth-order valence-corrected chi connectivity index (χ4v) is 1.47. The number of hydrogen-bond acceptors (Lipinski definition) is 2. The Labute approximate surface area is 83.3 Å². The minimum absolute atomic E-state index is 0.755. The van der Waals surface area contributed by atoms with E-state index in [-0.39, 0.29) is 0 Å². The van der Waals surface area contributed by atoms with E-state index < -0.39 is 0 Å². The Morgan fingerprint density at radius 3 is 3.08 bits per heavy atom. The first-order valence-corrected chi connectivity index (χ1v) is 5.03. The lowest BCUT2D eigenvalue weighted by Crippen LogP contribution is -2.16. The second-order valence-corrected chi connectivity index (χ2v) is 3.95. The molecule has 1 aliphatic carbocycles. The third-order valence-electron chi connectivity index (χ3n) is 2.30. The van der Waals surface area contributed by atoms with E-state index in [9.17, 15) is 0 Å². The summed E-state index contributed by atoms with van der Waals surface area (Å²) in [5.41, 5.74) is 1.14. The van der Waals surface area contributed by atoms with Crippen LogP contribution in [0.2, 0.25) is 5.02 Å². The monoisotopic (exact) mass is 196 g/mol. The third-order valence-corrected chi connectivity index (χ3v) is 2.64. The quantitative estimate of drug-likeness (QED) is 0.799. The molecule has 1 heterocycles. The van der Waals surface area contributed by atoms with Crippen molar-refractivity contribution in [1.82, 2.24) is 10.3 Å². The maximum atomic E-state index is 5.95. The average Bonchev–Trinajstić information content (AvgIpc) is 2.92. The van der Waals surface area contributed by atoms with Crippen LogP contribution in [-0.2, 0) is 6.54 Å². The van der Waals surface area contributed by atoms with Crippen LogP contribution in [0.4, 0.5) is 0 Å². The summed E-state index contributed by atoms with van der Waals surface area (Å²) in [6.07, 6.45) is 6.24. The van der Waals surface area contributed by atoms with Crippen molar-refractivity contribution in [1.29, 1.82) is 0 Å². The number of aromatic nitrogens is 1. The Morgan fingerprint density at radius 2 is 2.38 bits per heavy atom. The summed E-state index contributed by atoms with van der Waals surface area (Å²) in [6.45, 7) is 1.98. The summed E-state index contributed by atoms with van der Waals surface area (Å²) in [7, 11) is 0. The molecule has 0 radical (unpaired) electrons. The zero-order valence-electron chi connectivity index (χ0n) is 7.46. The predicted molar refractivity (Wildman–Crippen MR) is 53.7 cm³/mol. The van der Waals surface area contributed by atoms with Crippen LogP contribution in [0.5, 0.6) is 0 Å². The van der Waals surface area contributed by atoms with Crippen LogP contribution in [0.25, 0.3) is 0 Å². The molecule has 1 saturated carbocycles. The minimum atomic E-state index is 0.755. The molecule has 0 atom stereocenters. The second kappa shape index (κ2) is 4.07. The van der Waals surface area contributed by atoms with E-state index in [4.69, 9.17) is 11.6 Å². The lowest BCUT2D eigenvalue weighted by molar-refractivity contribution is 0.638. The van der Waals surface area contributed by atoms with Crippen molar-refractivity contribution in [3.8, 4) is 0 Å². The van der Waals surface area contributed by atoms with Crippen LogP contribution in [0.15, 0.2) is 18.5 Å². The topological polar surface area (TPSA) is 24.9 Å². The van der Waals surface area contributed by atoms with E-state index in [0.29, 0.717) is 0 Å². The number of rotatable bonds is 4. The molecule has 0 saturated heterocycles. The SMILES string of the molecule is Clc1cnccc1CNCC1CC1. The Kier molecular flexibility index (Phi) is 2.81. The number of halogens is 1. The van der Waals surface area contributed by atoms with Crippen molar-refractivity contribution in [2.75, 3.05) is 6.54 Å². The first-order valence-electron chi connectivity index (χ1n) is 4.65. The maximum absolute atomic E-state index is 5.95. The molecule has 1 fully saturated rings. The van der Waals surface area contributed by atoms with Gasteiger partial charge in [0.25, 0.3) is 0 Å². The van der Waals surface area contributed by atoms with Crippen LogP contribution in [0.3, 0.4) is 0 Å². The van der Waals surface area contributed by atoms with E-state index in [1.54, 1.807) is 12.4 Å². The molecule has 0 amide bonds. The lowest BCUT2D eigenvalue weighted by atomic mass is 10.2. The highest BCUT2D eigenvalue weighted by Crippen LogP contribution is 2.27. The number of nitrogens with zero attached hydrogens (tertiary/aromatic N) is 1. The Hall–Kier alpha value is -0.600. The van der Waals surface area contributed by atoms with Crippen LogP contribution in [0.1, 0.15) is 18.4 Å². The van der Waals surface area contributed by atoms with Gasteiger partial charge in [-0.15, -0.1) is 0 Å². The lowest BCUT2D eigenvalue weighted by Gasteiger charge is -2.04. The van der Waals surface area contributed by atoms with Gasteiger partial charge in [-0.05, 0) is 36.9 Å². The van der Waals surface area contributed by atoms with Crippen molar-refractivity contribution in [3.63, 3.8) is 0 Å². The van der Waals surface area contributed by atoms with E-state index in [1.807, 2.05) is 6.07 Å². The molecule has 0 aromatic carbocycles. The fourth-order valence-electron chi connectivity index (χ4n) is 1.28. The number of pyridine rings is 1. The van der Waals surface area contributed by atoms with Gasteiger partial charge in [0.15, 0.2) is 0 Å². The van der Waals surface area contributed by atoms with Gasteiger partial charge in [-0.2, -0.15) is 0 Å². The molecule has 70 valence electrons. The summed E-state index contributed by atoms with van der Waals surface area (Å²) in [4.78, 5) is 3.94. The molecule has 0 spiro atoms. The van der Waals surface area contributed by atoms with E-state index >= 15 is 0 Å². The van der Waals surface area contributed by atoms with Gasteiger partial charge in [0, 0.05) is 18.9 Å². The smallest absolute Gasteiger partial charge is 0.0634 e. The highest BCUT2D eigenvalue weighted by atomic mass is 35.5. The molecule has 1 aliphatic rings. The minimum Gasteiger partial charge on any atom is -0.312 e. The average molecular weight is 197 g/mol. The maximum Gasteiger partial charge on any atom is 0.0634 e. The largest absolute Gasteiger partial charge is 0.312 e. The summed E-state index contributed by atoms with van der Waals surface area (Å²) in [5, 5.41) is 4.15. The fraction of sp³-hybridized carbons (Fsp3) is 0.500. The zero-order valence-corrected chi connectivity index (χ0v) is 8.22. The highest BCUT2D eigenvalue weighted by Gasteiger charge is 2.20. The van der Waals surface area contributed by atoms with Gasteiger partial charge in [-0.25, -0.2) is 0 Å². The van der Waals surface area contributed by atoms with Gasteiger partial charge in [0.1, 0.15) is 0 Å². The Balaban J connectivity index is 1.82. The molecule has 0 unspecified atom stereocenters. The second-order valence-electron chi connectivity index (χ2n) is 3.54. The highest BCUT2D eigenvalue weighted by molar-refractivity contribution is 6.31. The molecule has 1 aromatic heterocycles. The van der Waals surface area contributed by atoms with E-state index in [1.165, 1.54) is 12.8 Å². The first-order chi connectivity index (χ1) is 6.36. The van der Waals surface area contributed by atoms with E-state index in [2.05, 4.69) is 10.3 Å². The standard InChI is InChI=1S/C10H13ClN2/c11-10-7-12-4-3-9(10)6-13-5-8-1-2-8/h3-4,7-8,13H,1-2,5-6H2. The first kappa shape index (κ1) is 8.97. The molecule has 2 nitrogen and oxygen atoms in total. The Morgan fingerprint density at radius 1 is 1.54 bits per heavy atom. The van der Waals surface area contributed by atoms with Gasteiger partial charge >= 0.3 is 0 Å². The third kappa shape index (κ3) is 2.68. The summed E-state index contributed by atoms with van der Waals surface area (Å²) in [6, 6.07) is 1.96. The van der Waals surface area contributed by atoms with Crippen molar-refractivity contribution in [3.05, 3.63) is 29.0 Å². The van der Waals surface area contributed by atoms with Crippen LogP contribution < -0.4 is 5.32 Å². The van der Waals surface area contributed by atoms with Gasteiger partial charge in [-0.3, -0.25) is 4.98 Å². The number of nitrogens with one attached hydrogen (secondary N) is 1. The molecular formula is C10H13ClN2. The molecule has 13 heavy (non-hydrogen) atoms. The number of hydrogen-bond donors (Lipinski definition) is 1. The van der Waals surface area contributed by atoms with Gasteiger partial charge < -0.3 is 5.32 Å². The predicted octanol–water partition coefficient (Wildman–Crippen LogP) is 2.23. The van der Waals surface area contributed by atoms with Crippen molar-refractivity contribution >= 4 is 11.6 Å². The molecule has 1 N–H and O–H groups in total. The molecule has 2 rings (SSSR count). The van der Waals surface area contributed by atoms with Gasteiger partial charge in [0.2, 0.25) is 0 Å². The van der Waals surface area contributed by atoms with Crippen molar-refractivity contribution < 1.29 is 0 Å². The van der Waals surface area contributed by atoms with Crippen LogP contribution in [0, 0.1) is 5.92 Å². The van der Waals surface area contributed by atoms with Crippen LogP contribution in [-0.4, -0.2) is 11.5 Å². The molecule has 3 heteroatoms. The zero-order chi connectivity index (χ0) is 9.10. The Bertz CT molecular complexity index is 284. The van der Waals surface area contributed by atoms with E-state index in [0.717, 1.165) is 29.6 Å². The normalized spacial score (nSPS) is 16.1. The molecule has 0 aliphatic heterocycles. The van der Waals surface area contributed by atoms with Gasteiger partial charge in [0.05, 0.1) is 5.02 Å². The summed E-state index contributed by atoms with van der Waals surface area (Å²) in [5.74, 6) is 0.917. The molecule has 1 aromatic rings. The van der Waals surface area contributed by atoms with Crippen molar-refractivity contribution in [2.45, 2.75) is 19.4 Å². The van der Waals surface area contributed by atoms with Crippen LogP contribution >= 0.6 is 11.6 Å². The van der Waals surface area contributed by atoms with Gasteiger partial charge in [-0.1, -0.05) is 11.6 Å². The molecule has 0 bridgehead atoms. The summed E-state index contributed by atoms with van der Waals surface area (Å²) < 4.78 is 0. The van der Waals surface area contributed by atoms with Crippen molar-refractivity contribution in [2.24, 2.45) is 5.92 Å².